The number of imidazole rings is 1. The Bertz CT molecular complexity index is 1510. The molecule has 7 nitrogen and oxygen atoms in total. The van der Waals surface area contributed by atoms with E-state index < -0.39 is 6.04 Å². The van der Waals surface area contributed by atoms with Crippen molar-refractivity contribution in [1.29, 1.82) is 0 Å². The van der Waals surface area contributed by atoms with E-state index in [9.17, 15) is 4.79 Å². The molecule has 0 spiro atoms. The van der Waals surface area contributed by atoms with Crippen molar-refractivity contribution in [2.24, 2.45) is 0 Å². The van der Waals surface area contributed by atoms with Crippen molar-refractivity contribution in [3.8, 4) is 17.1 Å². The number of pyridine rings is 1. The van der Waals surface area contributed by atoms with Crippen LogP contribution in [0.3, 0.4) is 0 Å². The fourth-order valence-corrected chi connectivity index (χ4v) is 5.36. The number of amides is 2. The largest absolute Gasteiger partial charge is 0.496 e. The van der Waals surface area contributed by atoms with Gasteiger partial charge in [-0.3, -0.25) is 15.2 Å². The third kappa shape index (κ3) is 4.32. The highest BCUT2D eigenvalue weighted by molar-refractivity contribution is 6.31. The van der Waals surface area contributed by atoms with Gasteiger partial charge in [-0.25, -0.2) is 9.78 Å². The fraction of sp³-hybridized carbons (Fsp3) is 0.250. The highest BCUT2D eigenvalue weighted by Gasteiger charge is 2.41. The molecule has 1 aliphatic rings. The predicted molar refractivity (Wildman–Crippen MR) is 148 cm³/mol. The number of hydrogen-bond acceptors (Lipinski definition) is 4. The van der Waals surface area contributed by atoms with Gasteiger partial charge in [0.15, 0.2) is 5.82 Å². The molecule has 2 amide bonds. The Morgan fingerprint density at radius 3 is 2.46 bits per heavy atom. The Kier molecular flexibility index (Phi) is 6.60. The molecule has 1 N–H and O–H groups in total. The van der Waals surface area contributed by atoms with Gasteiger partial charge >= 0.3 is 6.03 Å². The highest BCUT2D eigenvalue weighted by atomic mass is 35.5. The van der Waals surface area contributed by atoms with E-state index in [2.05, 4.69) is 28.7 Å². The minimum Gasteiger partial charge on any atom is -0.496 e. The number of halogens is 2. The Hall–Kier alpha value is -3.55. The number of rotatable bonds is 5. The number of fused-ring (bicyclic) bond motifs is 1. The van der Waals surface area contributed by atoms with Gasteiger partial charge in [-0.1, -0.05) is 35.3 Å². The van der Waals surface area contributed by atoms with Crippen molar-refractivity contribution in [3.63, 3.8) is 0 Å². The number of urea groups is 1. The lowest BCUT2D eigenvalue weighted by Gasteiger charge is -2.38. The van der Waals surface area contributed by atoms with Crippen LogP contribution >= 0.6 is 23.2 Å². The zero-order valence-electron chi connectivity index (χ0n) is 21.2. The second-order valence-electron chi connectivity index (χ2n) is 9.34. The Labute approximate surface area is 226 Å². The first-order valence-electron chi connectivity index (χ1n) is 11.9. The van der Waals surface area contributed by atoms with Crippen LogP contribution in [-0.2, 0) is 0 Å². The van der Waals surface area contributed by atoms with Gasteiger partial charge in [0, 0.05) is 28.5 Å². The average molecular weight is 536 g/mol. The van der Waals surface area contributed by atoms with Gasteiger partial charge in [-0.2, -0.15) is 0 Å². The van der Waals surface area contributed by atoms with Gasteiger partial charge < -0.3 is 9.30 Å². The minimum absolute atomic E-state index is 0.00331. The van der Waals surface area contributed by atoms with E-state index in [-0.39, 0.29) is 12.1 Å². The van der Waals surface area contributed by atoms with Crippen LogP contribution in [0.5, 0.6) is 5.75 Å². The molecule has 0 radical (unpaired) electrons. The maximum absolute atomic E-state index is 13.8. The first kappa shape index (κ1) is 25.1. The number of aromatic nitrogens is 3. The SMILES string of the molecule is COc1ccncc1-c1nc2c(n1C(C)C)C(c1ccc(Cl)cc1C)N(c1cc(Cl)ccc1C)C(=O)N2. The molecule has 9 heteroatoms. The quantitative estimate of drug-likeness (QED) is 0.285. The molecule has 0 saturated carbocycles. The van der Waals surface area contributed by atoms with Crippen molar-refractivity contribution >= 4 is 40.7 Å². The molecule has 190 valence electrons. The van der Waals surface area contributed by atoms with E-state index in [0.717, 1.165) is 27.9 Å². The number of methoxy groups -OCH3 is 1. The Morgan fingerprint density at radius 2 is 1.76 bits per heavy atom. The molecule has 37 heavy (non-hydrogen) atoms. The molecule has 0 bridgehead atoms. The zero-order valence-corrected chi connectivity index (χ0v) is 22.7. The first-order chi connectivity index (χ1) is 17.7. The van der Waals surface area contributed by atoms with Gasteiger partial charge in [0.1, 0.15) is 17.6 Å². The number of nitrogens with zero attached hydrogens (tertiary/aromatic N) is 4. The molecule has 1 atom stereocenters. The topological polar surface area (TPSA) is 72.3 Å². The summed E-state index contributed by atoms with van der Waals surface area (Å²) < 4.78 is 7.77. The van der Waals surface area contributed by atoms with Crippen LogP contribution in [0.25, 0.3) is 11.4 Å². The maximum atomic E-state index is 13.8. The van der Waals surface area contributed by atoms with Gasteiger partial charge in [-0.15, -0.1) is 0 Å². The molecule has 4 aromatic rings. The van der Waals surface area contributed by atoms with Crippen LogP contribution in [0.2, 0.25) is 10.0 Å². The molecule has 0 saturated heterocycles. The molecule has 2 aromatic heterocycles. The summed E-state index contributed by atoms with van der Waals surface area (Å²) in [4.78, 5) is 24.8. The lowest BCUT2D eigenvalue weighted by atomic mass is 9.94. The number of anilines is 2. The van der Waals surface area contributed by atoms with Gasteiger partial charge in [0.25, 0.3) is 0 Å². The lowest BCUT2D eigenvalue weighted by molar-refractivity contribution is 0.254. The summed E-state index contributed by atoms with van der Waals surface area (Å²) in [6.45, 7) is 8.14. The van der Waals surface area contributed by atoms with E-state index in [1.165, 1.54) is 0 Å². The predicted octanol–water partition coefficient (Wildman–Crippen LogP) is 7.60. The minimum atomic E-state index is -0.496. The second kappa shape index (κ2) is 9.72. The number of benzene rings is 2. The summed E-state index contributed by atoms with van der Waals surface area (Å²) in [5, 5.41) is 4.21. The van der Waals surface area contributed by atoms with Crippen LogP contribution in [0.4, 0.5) is 16.3 Å². The monoisotopic (exact) mass is 535 g/mol. The van der Waals surface area contributed by atoms with Gasteiger partial charge in [0.2, 0.25) is 0 Å². The van der Waals surface area contributed by atoms with E-state index >= 15 is 0 Å². The van der Waals surface area contributed by atoms with E-state index in [1.807, 2.05) is 50.2 Å². The lowest BCUT2D eigenvalue weighted by Crippen LogP contribution is -2.44. The smallest absolute Gasteiger partial charge is 0.328 e. The second-order valence-corrected chi connectivity index (χ2v) is 10.2. The van der Waals surface area contributed by atoms with Crippen molar-refractivity contribution in [2.75, 3.05) is 17.3 Å². The summed E-state index contributed by atoms with van der Waals surface area (Å²) in [6.07, 6.45) is 3.41. The molecule has 0 fully saturated rings. The van der Waals surface area contributed by atoms with Crippen LogP contribution in [0, 0.1) is 13.8 Å². The first-order valence-corrected chi connectivity index (χ1v) is 12.7. The normalized spacial score (nSPS) is 15.1. The van der Waals surface area contributed by atoms with Crippen LogP contribution in [0.1, 0.15) is 48.3 Å². The summed E-state index contributed by atoms with van der Waals surface area (Å²) >= 11 is 12.7. The van der Waals surface area contributed by atoms with Crippen LogP contribution in [-0.4, -0.2) is 27.7 Å². The molecule has 2 aromatic carbocycles. The van der Waals surface area contributed by atoms with Crippen molar-refractivity contribution in [2.45, 2.75) is 39.8 Å². The number of aryl methyl sites for hydroxylation is 2. The average Bonchev–Trinajstić information content (AvgIpc) is 3.24. The third-order valence-corrected chi connectivity index (χ3v) is 7.10. The van der Waals surface area contributed by atoms with Gasteiger partial charge in [-0.05, 0) is 74.7 Å². The molecule has 1 aliphatic heterocycles. The molecular formula is C28H27Cl2N5O2. The van der Waals surface area contributed by atoms with Gasteiger partial charge in [0.05, 0.1) is 24.1 Å². The molecular weight excluding hydrogens is 509 g/mol. The zero-order chi connectivity index (χ0) is 26.4. The van der Waals surface area contributed by atoms with Crippen molar-refractivity contribution in [3.05, 3.63) is 87.3 Å². The summed E-state index contributed by atoms with van der Waals surface area (Å²) in [6, 6.07) is 12.3. The maximum Gasteiger partial charge on any atom is 0.328 e. The third-order valence-electron chi connectivity index (χ3n) is 6.62. The molecule has 0 aliphatic carbocycles. The van der Waals surface area contributed by atoms with E-state index in [4.69, 9.17) is 32.9 Å². The number of carbonyl (C=O) groups is 1. The summed E-state index contributed by atoms with van der Waals surface area (Å²) in [7, 11) is 1.62. The van der Waals surface area contributed by atoms with E-state index in [1.54, 1.807) is 30.5 Å². The van der Waals surface area contributed by atoms with E-state index in [0.29, 0.717) is 33.1 Å². The van der Waals surface area contributed by atoms with Crippen molar-refractivity contribution < 1.29 is 9.53 Å². The number of nitrogens with one attached hydrogen (secondary N) is 1. The Balaban J connectivity index is 1.85. The number of ether oxygens (including phenoxy) is 1. The van der Waals surface area contributed by atoms with Crippen molar-refractivity contribution in [1.82, 2.24) is 14.5 Å². The van der Waals surface area contributed by atoms with Crippen LogP contribution < -0.4 is 15.0 Å². The molecule has 1 unspecified atom stereocenters. The number of carbonyl (C=O) groups excluding carboxylic acids is 1. The fourth-order valence-electron chi connectivity index (χ4n) is 4.96. The standard InChI is InChI=1S/C28H27Cl2N5O2/c1-15(2)34-25-24(20-9-8-18(29)12-17(20)4)35(22-13-19(30)7-6-16(22)3)28(36)33-26(25)32-27(34)21-14-31-11-10-23(21)37-5/h6-15,24H,1-5H3,(H,33,36). The number of hydrogen-bond donors (Lipinski definition) is 1. The molecule has 3 heterocycles. The highest BCUT2D eigenvalue weighted by Crippen LogP contribution is 2.46. The molecule has 5 rings (SSSR count). The summed E-state index contributed by atoms with van der Waals surface area (Å²) in [5.74, 6) is 1.80. The Morgan fingerprint density at radius 1 is 1.03 bits per heavy atom. The summed E-state index contributed by atoms with van der Waals surface area (Å²) in [5.41, 5.74) is 5.11. The van der Waals surface area contributed by atoms with Crippen LogP contribution in [0.15, 0.2) is 54.9 Å².